The number of ketones is 1. The Hall–Kier alpha value is -2.79. The lowest BCUT2D eigenvalue weighted by Crippen LogP contribution is -2.43. The van der Waals surface area contributed by atoms with Crippen LogP contribution in [0.25, 0.3) is 0 Å². The van der Waals surface area contributed by atoms with Gasteiger partial charge in [0, 0.05) is 35.1 Å². The Morgan fingerprint density at radius 1 is 1.13 bits per heavy atom. The van der Waals surface area contributed by atoms with Gasteiger partial charge in [0.25, 0.3) is 0 Å². The van der Waals surface area contributed by atoms with E-state index in [1.165, 1.54) is 7.11 Å². The molecule has 1 heterocycles. The van der Waals surface area contributed by atoms with Crippen molar-refractivity contribution in [2.24, 2.45) is 5.41 Å². The van der Waals surface area contributed by atoms with Crippen molar-refractivity contribution in [2.75, 3.05) is 12.0 Å². The maximum Gasteiger partial charge on any atom is 0.232 e. The maximum absolute atomic E-state index is 13.3. The van der Waals surface area contributed by atoms with E-state index in [0.717, 1.165) is 11.3 Å². The average molecular weight is 426 g/mol. The molecular weight excluding hydrogens is 402 g/mol. The number of Topliss-reactive ketones (excluding diaryl/α,β-unsaturated/α-hetero) is 1. The maximum atomic E-state index is 13.3. The molecule has 1 unspecified atom stereocenters. The number of anilines is 1. The van der Waals surface area contributed by atoms with Gasteiger partial charge in [-0.25, -0.2) is 0 Å². The van der Waals surface area contributed by atoms with Crippen molar-refractivity contribution in [2.45, 2.75) is 39.0 Å². The summed E-state index contributed by atoms with van der Waals surface area (Å²) in [6, 6.07) is 12.2. The molecule has 0 saturated heterocycles. The molecule has 2 aromatic rings. The molecule has 1 N–H and O–H groups in total. The van der Waals surface area contributed by atoms with E-state index >= 15 is 0 Å². The zero-order valence-corrected chi connectivity index (χ0v) is 18.0. The molecule has 5 nitrogen and oxygen atoms in total. The lowest BCUT2D eigenvalue weighted by atomic mass is 9.69. The predicted molar refractivity (Wildman–Crippen MR) is 116 cm³/mol. The molecule has 1 atom stereocenters. The fourth-order valence-corrected chi connectivity index (χ4v) is 4.71. The third kappa shape index (κ3) is 3.58. The second-order valence-electron chi connectivity index (χ2n) is 8.70. The summed E-state index contributed by atoms with van der Waals surface area (Å²) in [7, 11) is 1.48. The summed E-state index contributed by atoms with van der Waals surface area (Å²) in [5.41, 5.74) is 2.62. The highest BCUT2D eigenvalue weighted by atomic mass is 35.5. The number of aromatic hydroxyl groups is 1. The Kier molecular flexibility index (Phi) is 5.10. The largest absolute Gasteiger partial charge is 0.504 e. The molecule has 2 aliphatic rings. The molecule has 2 aromatic carbocycles. The van der Waals surface area contributed by atoms with Gasteiger partial charge in [-0.15, -0.1) is 0 Å². The number of allylic oxidation sites excluding steroid dienone is 2. The molecule has 0 aromatic heterocycles. The van der Waals surface area contributed by atoms with Crippen LogP contribution in [-0.2, 0) is 9.59 Å². The minimum absolute atomic E-state index is 0.0225. The predicted octanol–water partition coefficient (Wildman–Crippen LogP) is 5.22. The highest BCUT2D eigenvalue weighted by Gasteiger charge is 2.44. The molecular formula is C24H24ClNO4. The molecule has 0 radical (unpaired) electrons. The van der Waals surface area contributed by atoms with Gasteiger partial charge in [0.1, 0.15) is 0 Å². The first-order valence-corrected chi connectivity index (χ1v) is 10.3. The van der Waals surface area contributed by atoms with Crippen LogP contribution in [0.5, 0.6) is 11.5 Å². The summed E-state index contributed by atoms with van der Waals surface area (Å²) < 4.78 is 5.24. The van der Waals surface area contributed by atoms with E-state index in [4.69, 9.17) is 16.3 Å². The molecule has 1 amide bonds. The molecule has 4 rings (SSSR count). The molecule has 6 heteroatoms. The second kappa shape index (κ2) is 7.47. The molecule has 1 aliphatic heterocycles. The summed E-state index contributed by atoms with van der Waals surface area (Å²) in [5.74, 6) is -0.0605. The molecule has 0 bridgehead atoms. The van der Waals surface area contributed by atoms with Crippen LogP contribution in [-0.4, -0.2) is 23.9 Å². The van der Waals surface area contributed by atoms with Crippen LogP contribution in [0.4, 0.5) is 5.69 Å². The number of rotatable bonds is 3. The molecule has 0 spiro atoms. The number of phenols is 1. The fourth-order valence-electron chi connectivity index (χ4n) is 4.53. The van der Waals surface area contributed by atoms with E-state index in [-0.39, 0.29) is 35.2 Å². The van der Waals surface area contributed by atoms with Gasteiger partial charge in [-0.1, -0.05) is 37.6 Å². The van der Waals surface area contributed by atoms with Crippen LogP contribution >= 0.6 is 11.6 Å². The minimum Gasteiger partial charge on any atom is -0.504 e. The van der Waals surface area contributed by atoms with Gasteiger partial charge in [-0.2, -0.15) is 0 Å². The lowest BCUT2D eigenvalue weighted by Gasteiger charge is -2.43. The van der Waals surface area contributed by atoms with Crippen molar-refractivity contribution < 1.29 is 19.4 Å². The van der Waals surface area contributed by atoms with Crippen LogP contribution in [0.1, 0.15) is 44.6 Å². The third-order valence-corrected chi connectivity index (χ3v) is 6.05. The molecule has 1 aliphatic carbocycles. The van der Waals surface area contributed by atoms with Crippen LogP contribution < -0.4 is 9.64 Å². The van der Waals surface area contributed by atoms with Crippen LogP contribution in [0.3, 0.4) is 0 Å². The van der Waals surface area contributed by atoms with Crippen molar-refractivity contribution in [3.63, 3.8) is 0 Å². The van der Waals surface area contributed by atoms with Gasteiger partial charge in [0.05, 0.1) is 12.8 Å². The monoisotopic (exact) mass is 425 g/mol. The first kappa shape index (κ1) is 20.5. The first-order chi connectivity index (χ1) is 14.2. The summed E-state index contributed by atoms with van der Waals surface area (Å²) in [4.78, 5) is 28.3. The number of carbonyl (C=O) groups is 2. The highest BCUT2D eigenvalue weighted by Crippen LogP contribution is 2.49. The summed E-state index contributed by atoms with van der Waals surface area (Å²) in [5, 5.41) is 10.5. The number of phenolic OH excluding ortho intramolecular Hbond substituents is 1. The lowest BCUT2D eigenvalue weighted by molar-refractivity contribution is -0.121. The zero-order chi connectivity index (χ0) is 21.6. The van der Waals surface area contributed by atoms with Crippen molar-refractivity contribution in [1.29, 1.82) is 0 Å². The van der Waals surface area contributed by atoms with Crippen LogP contribution in [0.15, 0.2) is 53.7 Å². The normalized spacial score (nSPS) is 20.9. The van der Waals surface area contributed by atoms with Gasteiger partial charge in [0.15, 0.2) is 17.3 Å². The van der Waals surface area contributed by atoms with Gasteiger partial charge >= 0.3 is 0 Å². The Bertz CT molecular complexity index is 1070. The number of methoxy groups -OCH3 is 1. The van der Waals surface area contributed by atoms with E-state index in [0.29, 0.717) is 34.9 Å². The summed E-state index contributed by atoms with van der Waals surface area (Å²) >= 11 is 6.19. The van der Waals surface area contributed by atoms with Crippen LogP contribution in [0, 0.1) is 5.41 Å². The Morgan fingerprint density at radius 3 is 2.60 bits per heavy atom. The zero-order valence-electron chi connectivity index (χ0n) is 17.2. The number of hydrogen-bond donors (Lipinski definition) is 1. The number of hydrogen-bond acceptors (Lipinski definition) is 4. The van der Waals surface area contributed by atoms with E-state index in [1.807, 2.05) is 19.9 Å². The standard InChI is InChI=1S/C24H24ClNO4/c1-24(2)12-18-23(20(28)13-24)17(14-7-8-19(27)21(9-14)30-3)11-22(29)26(18)16-6-4-5-15(25)10-16/h4-10,17,27H,11-13H2,1-3H3. The average Bonchev–Trinajstić information content (AvgIpc) is 2.66. The van der Waals surface area contributed by atoms with Crippen molar-refractivity contribution in [1.82, 2.24) is 0 Å². The van der Waals surface area contributed by atoms with E-state index in [2.05, 4.69) is 0 Å². The summed E-state index contributed by atoms with van der Waals surface area (Å²) in [6.07, 6.45) is 1.19. The fraction of sp³-hybridized carbons (Fsp3) is 0.333. The topological polar surface area (TPSA) is 66.8 Å². The Morgan fingerprint density at radius 2 is 1.90 bits per heavy atom. The Balaban J connectivity index is 1.90. The van der Waals surface area contributed by atoms with Crippen molar-refractivity contribution in [3.8, 4) is 11.5 Å². The van der Waals surface area contributed by atoms with E-state index < -0.39 is 0 Å². The number of amides is 1. The van der Waals surface area contributed by atoms with Crippen LogP contribution in [0.2, 0.25) is 5.02 Å². The summed E-state index contributed by atoms with van der Waals surface area (Å²) in [6.45, 7) is 4.09. The van der Waals surface area contributed by atoms with Gasteiger partial charge in [0.2, 0.25) is 5.91 Å². The molecule has 156 valence electrons. The van der Waals surface area contributed by atoms with Gasteiger partial charge < -0.3 is 9.84 Å². The van der Waals surface area contributed by atoms with E-state index in [1.54, 1.807) is 41.3 Å². The number of ether oxygens (including phenoxy) is 1. The molecule has 30 heavy (non-hydrogen) atoms. The molecule has 0 fully saturated rings. The van der Waals surface area contributed by atoms with Gasteiger partial charge in [-0.3, -0.25) is 14.5 Å². The SMILES string of the molecule is COc1cc(C2CC(=O)N(c3cccc(Cl)c3)C3=C2C(=O)CC(C)(C)C3)ccc1O. The molecule has 0 saturated carbocycles. The van der Waals surface area contributed by atoms with E-state index in [9.17, 15) is 14.7 Å². The highest BCUT2D eigenvalue weighted by molar-refractivity contribution is 6.31. The number of carbonyl (C=O) groups excluding carboxylic acids is 2. The van der Waals surface area contributed by atoms with Crippen molar-refractivity contribution in [3.05, 3.63) is 64.3 Å². The quantitative estimate of drug-likeness (QED) is 0.732. The van der Waals surface area contributed by atoms with Gasteiger partial charge in [-0.05, 0) is 47.7 Å². The Labute approximate surface area is 180 Å². The smallest absolute Gasteiger partial charge is 0.232 e. The van der Waals surface area contributed by atoms with Crippen molar-refractivity contribution >= 4 is 29.0 Å². The second-order valence-corrected chi connectivity index (χ2v) is 9.13. The third-order valence-electron chi connectivity index (χ3n) is 5.82. The number of nitrogens with zero attached hydrogens (tertiary/aromatic N) is 1. The number of benzene rings is 2. The number of halogens is 1. The first-order valence-electron chi connectivity index (χ1n) is 9.92. The minimum atomic E-state index is -0.374.